The van der Waals surface area contributed by atoms with Crippen molar-refractivity contribution in [3.63, 3.8) is 0 Å². The van der Waals surface area contributed by atoms with Gasteiger partial charge in [0.1, 0.15) is 6.04 Å². The van der Waals surface area contributed by atoms with Crippen LogP contribution in [0.25, 0.3) is 0 Å². The number of carboxylic acid groups (broad SMARTS) is 1. The van der Waals surface area contributed by atoms with Gasteiger partial charge < -0.3 is 14.7 Å². The topological polar surface area (TPSA) is 113 Å². The molecule has 8 heteroatoms. The van der Waals surface area contributed by atoms with Gasteiger partial charge in [0, 0.05) is 19.4 Å². The van der Waals surface area contributed by atoms with Gasteiger partial charge in [-0.25, -0.2) is 9.59 Å². The normalized spacial score (nSPS) is 17.4. The van der Waals surface area contributed by atoms with Crippen molar-refractivity contribution < 1.29 is 29.0 Å². The number of amides is 3. The largest absolute Gasteiger partial charge is 0.481 e. The molecule has 1 rings (SSSR count). The molecule has 1 fully saturated rings. The first-order valence-electron chi connectivity index (χ1n) is 6.94. The Morgan fingerprint density at radius 3 is 2.62 bits per heavy atom. The lowest BCUT2D eigenvalue weighted by atomic mass is 10.2. The summed E-state index contributed by atoms with van der Waals surface area (Å²) in [6.07, 6.45) is 1.17. The monoisotopic (exact) mass is 300 g/mol. The van der Waals surface area contributed by atoms with E-state index < -0.39 is 29.9 Å². The summed E-state index contributed by atoms with van der Waals surface area (Å²) in [5.41, 5.74) is 0. The number of urea groups is 1. The van der Waals surface area contributed by atoms with E-state index in [9.17, 15) is 19.2 Å². The Morgan fingerprint density at radius 2 is 2.00 bits per heavy atom. The summed E-state index contributed by atoms with van der Waals surface area (Å²) in [6.45, 7) is 2.31. The van der Waals surface area contributed by atoms with Gasteiger partial charge in [0.2, 0.25) is 5.91 Å². The fraction of sp³-hybridized carbons (Fsp3) is 0.692. The SMILES string of the molecule is CCOC(=O)C1CCCN1C(=O)NC(=O)CCCC(=O)O. The highest BCUT2D eigenvalue weighted by Gasteiger charge is 2.35. The Kier molecular flexibility index (Phi) is 6.64. The van der Waals surface area contributed by atoms with E-state index in [2.05, 4.69) is 5.32 Å². The number of ether oxygens (including phenoxy) is 1. The minimum absolute atomic E-state index is 0.0457. The van der Waals surface area contributed by atoms with Gasteiger partial charge in [0.15, 0.2) is 0 Å². The maximum absolute atomic E-state index is 11.9. The van der Waals surface area contributed by atoms with Gasteiger partial charge in [-0.1, -0.05) is 0 Å². The third-order valence-electron chi connectivity index (χ3n) is 3.11. The summed E-state index contributed by atoms with van der Waals surface area (Å²) in [6, 6.07) is -1.29. The zero-order chi connectivity index (χ0) is 15.8. The van der Waals surface area contributed by atoms with Crippen LogP contribution in [0.3, 0.4) is 0 Å². The molecule has 0 bridgehead atoms. The van der Waals surface area contributed by atoms with Gasteiger partial charge in [-0.15, -0.1) is 0 Å². The molecule has 1 saturated heterocycles. The van der Waals surface area contributed by atoms with Crippen LogP contribution in [0.4, 0.5) is 4.79 Å². The van der Waals surface area contributed by atoms with E-state index in [0.29, 0.717) is 19.4 Å². The number of nitrogens with one attached hydrogen (secondary N) is 1. The van der Waals surface area contributed by atoms with Crippen LogP contribution < -0.4 is 5.32 Å². The van der Waals surface area contributed by atoms with Gasteiger partial charge in [-0.05, 0) is 26.2 Å². The molecule has 0 aromatic rings. The van der Waals surface area contributed by atoms with E-state index in [1.165, 1.54) is 4.90 Å². The van der Waals surface area contributed by atoms with Crippen LogP contribution in [-0.2, 0) is 19.1 Å². The second-order valence-electron chi connectivity index (χ2n) is 4.70. The van der Waals surface area contributed by atoms with Crippen molar-refractivity contribution in [3.8, 4) is 0 Å². The first-order valence-corrected chi connectivity index (χ1v) is 6.94. The van der Waals surface area contributed by atoms with E-state index in [0.717, 1.165) is 0 Å². The standard InChI is InChI=1S/C13H20N2O6/c1-2-21-12(19)9-5-4-8-15(9)13(20)14-10(16)6-3-7-11(17)18/h9H,2-8H2,1H3,(H,17,18)(H,14,16,20). The van der Waals surface area contributed by atoms with Crippen LogP contribution in [0.1, 0.15) is 39.0 Å². The summed E-state index contributed by atoms with van der Waals surface area (Å²) in [7, 11) is 0. The lowest BCUT2D eigenvalue weighted by Gasteiger charge is -2.22. The summed E-state index contributed by atoms with van der Waals surface area (Å²) in [5.74, 6) is -2.00. The number of carboxylic acids is 1. The molecular weight excluding hydrogens is 280 g/mol. The van der Waals surface area contributed by atoms with Gasteiger partial charge in [0.05, 0.1) is 6.61 Å². The summed E-state index contributed by atoms with van der Waals surface area (Å²) in [5, 5.41) is 10.6. The molecule has 0 spiro atoms. The number of carbonyl (C=O) groups is 4. The average molecular weight is 300 g/mol. The minimum Gasteiger partial charge on any atom is -0.481 e. The average Bonchev–Trinajstić information content (AvgIpc) is 2.87. The quantitative estimate of drug-likeness (QED) is 0.691. The number of nitrogens with zero attached hydrogens (tertiary/aromatic N) is 1. The van der Waals surface area contributed by atoms with Crippen molar-refractivity contribution in [2.75, 3.05) is 13.2 Å². The zero-order valence-electron chi connectivity index (χ0n) is 12.0. The summed E-state index contributed by atoms with van der Waals surface area (Å²) < 4.78 is 4.89. The number of hydrogen-bond donors (Lipinski definition) is 2. The highest BCUT2D eigenvalue weighted by atomic mass is 16.5. The first-order chi connectivity index (χ1) is 9.95. The number of carbonyl (C=O) groups excluding carboxylic acids is 3. The van der Waals surface area contributed by atoms with Crippen LogP contribution in [0.15, 0.2) is 0 Å². The highest BCUT2D eigenvalue weighted by Crippen LogP contribution is 2.18. The maximum Gasteiger partial charge on any atom is 0.328 e. The van der Waals surface area contributed by atoms with Gasteiger partial charge in [-0.2, -0.15) is 0 Å². The molecular formula is C13H20N2O6. The zero-order valence-corrected chi connectivity index (χ0v) is 12.0. The van der Waals surface area contributed by atoms with Crippen molar-refractivity contribution >= 4 is 23.9 Å². The van der Waals surface area contributed by atoms with Crippen LogP contribution in [0, 0.1) is 0 Å². The molecule has 2 N–H and O–H groups in total. The molecule has 3 amide bonds. The smallest absolute Gasteiger partial charge is 0.328 e. The highest BCUT2D eigenvalue weighted by molar-refractivity contribution is 5.96. The van der Waals surface area contributed by atoms with Crippen LogP contribution in [-0.4, -0.2) is 53.1 Å². The number of esters is 1. The van der Waals surface area contributed by atoms with Gasteiger partial charge in [-0.3, -0.25) is 14.9 Å². The van der Waals surface area contributed by atoms with E-state index in [-0.39, 0.29) is 25.9 Å². The molecule has 0 aromatic heterocycles. The second kappa shape index (κ2) is 8.23. The van der Waals surface area contributed by atoms with E-state index in [1.54, 1.807) is 6.92 Å². The third-order valence-corrected chi connectivity index (χ3v) is 3.11. The van der Waals surface area contributed by atoms with E-state index in [4.69, 9.17) is 9.84 Å². The minimum atomic E-state index is -0.990. The molecule has 1 heterocycles. The van der Waals surface area contributed by atoms with Crippen LogP contribution in [0.2, 0.25) is 0 Å². The lowest BCUT2D eigenvalue weighted by molar-refractivity contribution is -0.147. The van der Waals surface area contributed by atoms with Gasteiger partial charge in [0.25, 0.3) is 0 Å². The van der Waals surface area contributed by atoms with Crippen molar-refractivity contribution in [3.05, 3.63) is 0 Å². The fourth-order valence-corrected chi connectivity index (χ4v) is 2.15. The predicted octanol–water partition coefficient (Wildman–Crippen LogP) is 0.505. The molecule has 0 radical (unpaired) electrons. The molecule has 1 atom stereocenters. The number of aliphatic carboxylic acids is 1. The Hall–Kier alpha value is -2.12. The number of hydrogen-bond acceptors (Lipinski definition) is 5. The molecule has 0 saturated carbocycles. The van der Waals surface area contributed by atoms with E-state index >= 15 is 0 Å². The molecule has 21 heavy (non-hydrogen) atoms. The molecule has 1 unspecified atom stereocenters. The number of rotatable bonds is 6. The van der Waals surface area contributed by atoms with Crippen molar-refractivity contribution in [2.45, 2.75) is 45.1 Å². The van der Waals surface area contributed by atoms with Crippen LogP contribution in [0.5, 0.6) is 0 Å². The van der Waals surface area contributed by atoms with Crippen molar-refractivity contribution in [1.82, 2.24) is 10.2 Å². The van der Waals surface area contributed by atoms with Crippen LogP contribution >= 0.6 is 0 Å². The maximum atomic E-state index is 11.9. The number of likely N-dealkylation sites (tertiary alicyclic amines) is 1. The Morgan fingerprint density at radius 1 is 1.29 bits per heavy atom. The van der Waals surface area contributed by atoms with Crippen molar-refractivity contribution in [1.29, 1.82) is 0 Å². The summed E-state index contributed by atoms with van der Waals surface area (Å²) in [4.78, 5) is 46.8. The van der Waals surface area contributed by atoms with Crippen molar-refractivity contribution in [2.24, 2.45) is 0 Å². The Balaban J connectivity index is 2.44. The molecule has 0 aromatic carbocycles. The second-order valence-corrected chi connectivity index (χ2v) is 4.70. The molecule has 1 aliphatic heterocycles. The lowest BCUT2D eigenvalue weighted by Crippen LogP contribution is -2.48. The van der Waals surface area contributed by atoms with Gasteiger partial charge >= 0.3 is 18.0 Å². The number of imide groups is 1. The Labute approximate surface area is 122 Å². The molecule has 0 aliphatic carbocycles. The first kappa shape index (κ1) is 16.9. The fourth-order valence-electron chi connectivity index (χ4n) is 2.15. The third kappa shape index (κ3) is 5.41. The predicted molar refractivity (Wildman–Crippen MR) is 71.4 cm³/mol. The van der Waals surface area contributed by atoms with E-state index in [1.807, 2.05) is 0 Å². The Bertz CT molecular complexity index is 423. The summed E-state index contributed by atoms with van der Waals surface area (Å²) >= 11 is 0. The molecule has 1 aliphatic rings. The molecule has 8 nitrogen and oxygen atoms in total. The molecule has 118 valence electrons.